The van der Waals surface area contributed by atoms with E-state index in [1.807, 2.05) is 12.1 Å². The van der Waals surface area contributed by atoms with Gasteiger partial charge in [-0.15, -0.1) is 11.8 Å². The standard InChI is InChI=1S/C12H14O3S/c1-15-10-4-2-3-9-5-8(6-11(13)14)7-16-12(9)10/h2-4,8H,5-7H2,1H3,(H,13,14). The zero-order valence-electron chi connectivity index (χ0n) is 9.10. The molecule has 0 bridgehead atoms. The van der Waals surface area contributed by atoms with Gasteiger partial charge >= 0.3 is 5.97 Å². The van der Waals surface area contributed by atoms with Crippen molar-refractivity contribution in [3.63, 3.8) is 0 Å². The van der Waals surface area contributed by atoms with Crippen LogP contribution in [0.15, 0.2) is 23.1 Å². The lowest BCUT2D eigenvalue weighted by molar-refractivity contribution is -0.137. The molecule has 3 nitrogen and oxygen atoms in total. The molecule has 16 heavy (non-hydrogen) atoms. The minimum Gasteiger partial charge on any atom is -0.496 e. The Labute approximate surface area is 98.8 Å². The Bertz CT molecular complexity index is 403. The second-order valence-electron chi connectivity index (χ2n) is 3.93. The number of thioether (sulfide) groups is 1. The zero-order chi connectivity index (χ0) is 11.5. The molecule has 1 aliphatic heterocycles. The molecule has 1 N–H and O–H groups in total. The highest BCUT2D eigenvalue weighted by atomic mass is 32.2. The van der Waals surface area contributed by atoms with Crippen LogP contribution in [-0.4, -0.2) is 23.9 Å². The lowest BCUT2D eigenvalue weighted by Crippen LogP contribution is -2.17. The van der Waals surface area contributed by atoms with Gasteiger partial charge in [0.1, 0.15) is 5.75 Å². The van der Waals surface area contributed by atoms with Gasteiger partial charge in [-0.25, -0.2) is 0 Å². The van der Waals surface area contributed by atoms with E-state index in [2.05, 4.69) is 6.07 Å². The fraction of sp³-hybridized carbons (Fsp3) is 0.417. The van der Waals surface area contributed by atoms with E-state index in [0.717, 1.165) is 17.9 Å². The summed E-state index contributed by atoms with van der Waals surface area (Å²) < 4.78 is 5.29. The molecule has 1 aromatic rings. The molecule has 1 heterocycles. The monoisotopic (exact) mass is 238 g/mol. The highest BCUT2D eigenvalue weighted by molar-refractivity contribution is 7.99. The van der Waals surface area contributed by atoms with Crippen molar-refractivity contribution in [3.8, 4) is 5.75 Å². The van der Waals surface area contributed by atoms with Crippen molar-refractivity contribution in [2.75, 3.05) is 12.9 Å². The van der Waals surface area contributed by atoms with Crippen molar-refractivity contribution in [1.29, 1.82) is 0 Å². The third-order valence-corrected chi connectivity index (χ3v) is 4.11. The fourth-order valence-electron chi connectivity index (χ4n) is 2.00. The minimum atomic E-state index is -0.711. The van der Waals surface area contributed by atoms with E-state index in [9.17, 15) is 4.79 Å². The van der Waals surface area contributed by atoms with Crippen LogP contribution in [0.1, 0.15) is 12.0 Å². The molecule has 1 aliphatic rings. The van der Waals surface area contributed by atoms with Gasteiger partial charge in [0, 0.05) is 12.2 Å². The highest BCUT2D eigenvalue weighted by Crippen LogP contribution is 2.39. The Morgan fingerprint density at radius 2 is 2.44 bits per heavy atom. The Balaban J connectivity index is 2.18. The van der Waals surface area contributed by atoms with Gasteiger partial charge in [0.15, 0.2) is 0 Å². The summed E-state index contributed by atoms with van der Waals surface area (Å²) in [6.07, 6.45) is 1.09. The summed E-state index contributed by atoms with van der Waals surface area (Å²) in [4.78, 5) is 11.8. The van der Waals surface area contributed by atoms with Gasteiger partial charge in [-0.05, 0) is 24.0 Å². The zero-order valence-corrected chi connectivity index (χ0v) is 9.92. The number of carboxylic acid groups (broad SMARTS) is 1. The van der Waals surface area contributed by atoms with Crippen molar-refractivity contribution in [1.82, 2.24) is 0 Å². The van der Waals surface area contributed by atoms with E-state index in [1.54, 1.807) is 18.9 Å². The van der Waals surface area contributed by atoms with Gasteiger partial charge in [0.2, 0.25) is 0 Å². The van der Waals surface area contributed by atoms with E-state index in [4.69, 9.17) is 9.84 Å². The van der Waals surface area contributed by atoms with Gasteiger partial charge in [-0.1, -0.05) is 12.1 Å². The topological polar surface area (TPSA) is 46.5 Å². The first-order valence-electron chi connectivity index (χ1n) is 5.21. The highest BCUT2D eigenvalue weighted by Gasteiger charge is 2.23. The van der Waals surface area contributed by atoms with Crippen molar-refractivity contribution < 1.29 is 14.6 Å². The van der Waals surface area contributed by atoms with Crippen molar-refractivity contribution in [3.05, 3.63) is 23.8 Å². The summed E-state index contributed by atoms with van der Waals surface area (Å²) in [6.45, 7) is 0. The number of rotatable bonds is 3. The van der Waals surface area contributed by atoms with E-state index < -0.39 is 5.97 Å². The minimum absolute atomic E-state index is 0.238. The lowest BCUT2D eigenvalue weighted by Gasteiger charge is -2.24. The first-order chi connectivity index (χ1) is 7.70. The molecule has 0 amide bonds. The lowest BCUT2D eigenvalue weighted by atomic mass is 9.97. The molecule has 0 spiro atoms. The average molecular weight is 238 g/mol. The molecule has 4 heteroatoms. The molecule has 0 fully saturated rings. The second-order valence-corrected chi connectivity index (χ2v) is 4.96. The summed E-state index contributed by atoms with van der Waals surface area (Å²) in [7, 11) is 1.67. The number of fused-ring (bicyclic) bond motifs is 1. The van der Waals surface area contributed by atoms with Crippen LogP contribution in [0.2, 0.25) is 0 Å². The number of benzene rings is 1. The predicted octanol–water partition coefficient (Wildman–Crippen LogP) is 2.43. The van der Waals surface area contributed by atoms with Crippen LogP contribution in [-0.2, 0) is 11.2 Å². The summed E-state index contributed by atoms with van der Waals surface area (Å²) in [6, 6.07) is 5.96. The van der Waals surface area contributed by atoms with Crippen LogP contribution in [0, 0.1) is 5.92 Å². The van der Waals surface area contributed by atoms with Gasteiger partial charge in [0.25, 0.3) is 0 Å². The first-order valence-corrected chi connectivity index (χ1v) is 6.19. The van der Waals surface area contributed by atoms with Gasteiger partial charge in [0.05, 0.1) is 12.0 Å². The van der Waals surface area contributed by atoms with Crippen molar-refractivity contribution >= 4 is 17.7 Å². The smallest absolute Gasteiger partial charge is 0.303 e. The largest absolute Gasteiger partial charge is 0.496 e. The van der Waals surface area contributed by atoms with E-state index in [-0.39, 0.29) is 12.3 Å². The van der Waals surface area contributed by atoms with Crippen LogP contribution in [0.4, 0.5) is 0 Å². The molecule has 0 aromatic heterocycles. The second kappa shape index (κ2) is 4.78. The maximum atomic E-state index is 10.7. The van der Waals surface area contributed by atoms with E-state index in [1.165, 1.54) is 10.5 Å². The third-order valence-electron chi connectivity index (χ3n) is 2.72. The van der Waals surface area contributed by atoms with Crippen molar-refractivity contribution in [2.24, 2.45) is 5.92 Å². The normalized spacial score (nSPS) is 18.9. The van der Waals surface area contributed by atoms with Crippen LogP contribution in [0.25, 0.3) is 0 Å². The summed E-state index contributed by atoms with van der Waals surface area (Å²) in [5.41, 5.74) is 1.21. The molecule has 1 aromatic carbocycles. The number of methoxy groups -OCH3 is 1. The maximum absolute atomic E-state index is 10.7. The number of carboxylic acids is 1. The summed E-state index contributed by atoms with van der Waals surface area (Å²) in [5, 5.41) is 8.78. The molecule has 0 saturated heterocycles. The first kappa shape index (κ1) is 11.3. The molecule has 1 unspecified atom stereocenters. The average Bonchev–Trinajstić information content (AvgIpc) is 2.27. The molecular weight excluding hydrogens is 224 g/mol. The van der Waals surface area contributed by atoms with Gasteiger partial charge < -0.3 is 9.84 Å². The number of ether oxygens (including phenoxy) is 1. The quantitative estimate of drug-likeness (QED) is 0.878. The number of hydrogen-bond donors (Lipinski definition) is 1. The van der Waals surface area contributed by atoms with Crippen LogP contribution >= 0.6 is 11.8 Å². The SMILES string of the molecule is COc1cccc2c1SCC(CC(=O)O)C2. The third kappa shape index (κ3) is 2.32. The van der Waals surface area contributed by atoms with Gasteiger partial charge in [-0.2, -0.15) is 0 Å². The van der Waals surface area contributed by atoms with Crippen LogP contribution < -0.4 is 4.74 Å². The fourth-order valence-corrected chi connectivity index (χ4v) is 3.26. The predicted molar refractivity (Wildman–Crippen MR) is 63.2 cm³/mol. The Morgan fingerprint density at radius 1 is 1.62 bits per heavy atom. The molecule has 0 saturated carbocycles. The van der Waals surface area contributed by atoms with E-state index in [0.29, 0.717) is 0 Å². The van der Waals surface area contributed by atoms with Crippen LogP contribution in [0.5, 0.6) is 5.75 Å². The molecule has 0 aliphatic carbocycles. The number of hydrogen-bond acceptors (Lipinski definition) is 3. The molecule has 2 rings (SSSR count). The maximum Gasteiger partial charge on any atom is 0.303 e. The Morgan fingerprint density at radius 3 is 3.12 bits per heavy atom. The molecule has 86 valence electrons. The number of carbonyl (C=O) groups is 1. The Kier molecular flexibility index (Phi) is 3.39. The van der Waals surface area contributed by atoms with Crippen molar-refractivity contribution in [2.45, 2.75) is 17.7 Å². The number of aliphatic carboxylic acids is 1. The summed E-state index contributed by atoms with van der Waals surface area (Å²) >= 11 is 1.70. The van der Waals surface area contributed by atoms with E-state index >= 15 is 0 Å². The summed E-state index contributed by atoms with van der Waals surface area (Å²) in [5.74, 6) is 1.29. The molecule has 0 radical (unpaired) electrons. The van der Waals surface area contributed by atoms with Crippen LogP contribution in [0.3, 0.4) is 0 Å². The van der Waals surface area contributed by atoms with Gasteiger partial charge in [-0.3, -0.25) is 4.79 Å². The molecule has 1 atom stereocenters. The molecular formula is C12H14O3S. The Hall–Kier alpha value is -1.16.